The van der Waals surface area contributed by atoms with Gasteiger partial charge in [-0.25, -0.2) is 0 Å². The van der Waals surface area contributed by atoms with Gasteiger partial charge in [0.15, 0.2) is 0 Å². The minimum Gasteiger partial charge on any atom is -0.455 e. The summed E-state index contributed by atoms with van der Waals surface area (Å²) in [6, 6.07) is 79.8. The zero-order valence-electron chi connectivity index (χ0n) is 34.1. The van der Waals surface area contributed by atoms with E-state index in [0.717, 1.165) is 44.4 Å². The molecule has 0 saturated heterocycles. The van der Waals surface area contributed by atoms with Crippen LogP contribution in [0.15, 0.2) is 223 Å². The molecule has 14 rings (SSSR count). The molecule has 0 atom stereocenters. The van der Waals surface area contributed by atoms with Gasteiger partial charge in [-0.1, -0.05) is 152 Å². The lowest BCUT2D eigenvalue weighted by Gasteiger charge is -2.18. The highest BCUT2D eigenvalue weighted by Crippen LogP contribution is 2.46. The summed E-state index contributed by atoms with van der Waals surface area (Å²) >= 11 is 0. The Morgan fingerprint density at radius 2 is 0.762 bits per heavy atom. The zero-order chi connectivity index (χ0) is 41.2. The van der Waals surface area contributed by atoms with Gasteiger partial charge in [-0.3, -0.25) is 0 Å². The van der Waals surface area contributed by atoms with Gasteiger partial charge in [-0.2, -0.15) is 0 Å². The molecule has 0 saturated carbocycles. The summed E-state index contributed by atoms with van der Waals surface area (Å²) in [5, 5.41) is 14.6. The first-order chi connectivity index (χ1) is 31.3. The van der Waals surface area contributed by atoms with Gasteiger partial charge in [0.1, 0.15) is 11.2 Å². The lowest BCUT2D eigenvalue weighted by atomic mass is 9.88. The van der Waals surface area contributed by atoms with Gasteiger partial charge < -0.3 is 13.6 Å². The number of benzene rings is 11. The van der Waals surface area contributed by atoms with Crippen LogP contribution in [0.4, 0.5) is 0 Å². The van der Waals surface area contributed by atoms with Crippen LogP contribution < -0.4 is 0 Å². The van der Waals surface area contributed by atoms with Crippen molar-refractivity contribution in [2.45, 2.75) is 0 Å². The first-order valence-corrected chi connectivity index (χ1v) is 21.7. The fraction of sp³-hybridized carbons (Fsp3) is 0. The molecule has 3 heteroatoms. The third-order valence-electron chi connectivity index (χ3n) is 13.5. The van der Waals surface area contributed by atoms with Crippen LogP contribution in [0.5, 0.6) is 0 Å². The van der Waals surface area contributed by atoms with E-state index in [4.69, 9.17) is 4.42 Å². The lowest BCUT2D eigenvalue weighted by Crippen LogP contribution is -1.97. The van der Waals surface area contributed by atoms with Crippen LogP contribution in [0.3, 0.4) is 0 Å². The van der Waals surface area contributed by atoms with Crippen LogP contribution >= 0.6 is 0 Å². The molecule has 0 spiro atoms. The third-order valence-corrected chi connectivity index (χ3v) is 13.5. The van der Waals surface area contributed by atoms with E-state index in [0.29, 0.717) is 0 Å². The molecule has 292 valence electrons. The molecule has 0 radical (unpaired) electrons. The van der Waals surface area contributed by atoms with E-state index in [1.54, 1.807) is 0 Å². The van der Waals surface area contributed by atoms with Gasteiger partial charge in [-0.05, 0) is 116 Å². The second-order valence-corrected chi connectivity index (χ2v) is 16.8. The van der Waals surface area contributed by atoms with Crippen LogP contribution in [0, 0.1) is 0 Å². The minimum absolute atomic E-state index is 0.898. The Balaban J connectivity index is 1.04. The summed E-state index contributed by atoms with van der Waals surface area (Å²) in [6.45, 7) is 0. The predicted molar refractivity (Wildman–Crippen MR) is 266 cm³/mol. The second kappa shape index (κ2) is 13.1. The van der Waals surface area contributed by atoms with Crippen molar-refractivity contribution in [3.8, 4) is 33.6 Å². The Kier molecular flexibility index (Phi) is 7.11. The SMILES string of the molecule is c1ccc(-n2c3ccccc3c3cc(-c4ccc5c(c4)c4ccccc4n5-c4cc(-c5cccc6c5oc5ccccc56)c5c6ccccc6c6ccccc6c5c4)ccc32)cc1. The Bertz CT molecular complexity index is 4200. The smallest absolute Gasteiger partial charge is 0.143 e. The maximum absolute atomic E-state index is 6.78. The Morgan fingerprint density at radius 1 is 0.270 bits per heavy atom. The maximum Gasteiger partial charge on any atom is 0.143 e. The summed E-state index contributed by atoms with van der Waals surface area (Å²) < 4.78 is 11.6. The van der Waals surface area contributed by atoms with Crippen molar-refractivity contribution >= 4 is 97.9 Å². The molecule has 0 bridgehead atoms. The molecular weight excluding hydrogens is 765 g/mol. The molecule has 14 aromatic rings. The minimum atomic E-state index is 0.898. The van der Waals surface area contributed by atoms with E-state index < -0.39 is 0 Å². The Morgan fingerprint density at radius 3 is 1.43 bits per heavy atom. The van der Waals surface area contributed by atoms with E-state index in [-0.39, 0.29) is 0 Å². The van der Waals surface area contributed by atoms with Gasteiger partial charge in [-0.15, -0.1) is 0 Å². The van der Waals surface area contributed by atoms with Crippen molar-refractivity contribution < 1.29 is 4.42 Å². The number of aromatic nitrogens is 2. The van der Waals surface area contributed by atoms with Gasteiger partial charge in [0.25, 0.3) is 0 Å². The van der Waals surface area contributed by atoms with Gasteiger partial charge in [0, 0.05) is 49.3 Å². The van der Waals surface area contributed by atoms with Gasteiger partial charge in [0.2, 0.25) is 0 Å². The topological polar surface area (TPSA) is 23.0 Å². The summed E-state index contributed by atoms with van der Waals surface area (Å²) in [5.74, 6) is 0. The molecule has 3 aromatic heterocycles. The molecule has 0 fully saturated rings. The third kappa shape index (κ3) is 4.90. The molecule has 11 aromatic carbocycles. The first-order valence-electron chi connectivity index (χ1n) is 21.7. The number of hydrogen-bond donors (Lipinski definition) is 0. The number of hydrogen-bond acceptors (Lipinski definition) is 1. The number of para-hydroxylation sites is 5. The Labute approximate surface area is 361 Å². The van der Waals surface area contributed by atoms with E-state index in [2.05, 4.69) is 228 Å². The average Bonchev–Trinajstić information content (AvgIpc) is 4.01. The summed E-state index contributed by atoms with van der Waals surface area (Å²) in [5.41, 5.74) is 13.5. The normalized spacial score (nSPS) is 12.1. The fourth-order valence-corrected chi connectivity index (χ4v) is 10.8. The van der Waals surface area contributed by atoms with Crippen LogP contribution in [0.2, 0.25) is 0 Å². The predicted octanol–water partition coefficient (Wildman–Crippen LogP) is 16.6. The molecule has 0 unspecified atom stereocenters. The molecule has 63 heavy (non-hydrogen) atoms. The van der Waals surface area contributed by atoms with E-state index in [1.807, 2.05) is 0 Å². The van der Waals surface area contributed by atoms with E-state index in [1.165, 1.54) is 87.1 Å². The summed E-state index contributed by atoms with van der Waals surface area (Å²) in [7, 11) is 0. The molecule has 3 nitrogen and oxygen atoms in total. The van der Waals surface area contributed by atoms with E-state index in [9.17, 15) is 0 Å². The summed E-state index contributed by atoms with van der Waals surface area (Å²) in [4.78, 5) is 0. The molecular formula is C60H36N2O. The molecule has 3 heterocycles. The zero-order valence-corrected chi connectivity index (χ0v) is 34.1. The monoisotopic (exact) mass is 800 g/mol. The number of fused-ring (bicyclic) bond motifs is 15. The number of rotatable bonds is 4. The second-order valence-electron chi connectivity index (χ2n) is 16.8. The number of nitrogens with zero attached hydrogens (tertiary/aromatic N) is 2. The standard InChI is InChI=1S/C60H36N2O/c1-2-15-39(16-3-1)61-54-26-11-8-20-44(54)50-33-37(29-31-56(50)61)38-30-32-57-51(34-38)45-21-9-12-27-55(45)62(57)40-35-52-43-19-5-4-17-41(43)42-18-6-7-23-47(42)59(52)53(36-40)49-25-14-24-48-46-22-10-13-28-58(46)63-60(48)49/h1-36H. The fourth-order valence-electron chi connectivity index (χ4n) is 10.8. The first kappa shape index (κ1) is 34.3. The van der Waals surface area contributed by atoms with Crippen LogP contribution in [0.25, 0.3) is 131 Å². The van der Waals surface area contributed by atoms with Crippen LogP contribution in [-0.2, 0) is 0 Å². The van der Waals surface area contributed by atoms with E-state index >= 15 is 0 Å². The van der Waals surface area contributed by atoms with Gasteiger partial charge in [0.05, 0.1) is 22.1 Å². The highest BCUT2D eigenvalue weighted by molar-refractivity contribution is 6.30. The number of furan rings is 1. The highest BCUT2D eigenvalue weighted by Gasteiger charge is 2.22. The van der Waals surface area contributed by atoms with Crippen molar-refractivity contribution in [1.82, 2.24) is 9.13 Å². The van der Waals surface area contributed by atoms with Crippen molar-refractivity contribution in [2.75, 3.05) is 0 Å². The molecule has 0 N–H and O–H groups in total. The molecule has 0 aliphatic heterocycles. The van der Waals surface area contributed by atoms with Crippen molar-refractivity contribution in [1.29, 1.82) is 0 Å². The lowest BCUT2D eigenvalue weighted by molar-refractivity contribution is 0.670. The molecule has 0 amide bonds. The summed E-state index contributed by atoms with van der Waals surface area (Å²) in [6.07, 6.45) is 0. The van der Waals surface area contributed by atoms with Crippen LogP contribution in [-0.4, -0.2) is 9.13 Å². The van der Waals surface area contributed by atoms with Gasteiger partial charge >= 0.3 is 0 Å². The molecule has 0 aliphatic carbocycles. The van der Waals surface area contributed by atoms with Crippen LogP contribution in [0.1, 0.15) is 0 Å². The van der Waals surface area contributed by atoms with Crippen molar-refractivity contribution in [3.05, 3.63) is 218 Å². The Hall–Kier alpha value is -8.40. The van der Waals surface area contributed by atoms with Crippen molar-refractivity contribution in [3.63, 3.8) is 0 Å². The molecule has 0 aliphatic rings. The van der Waals surface area contributed by atoms with Crippen molar-refractivity contribution in [2.24, 2.45) is 0 Å². The largest absolute Gasteiger partial charge is 0.455 e. The quantitative estimate of drug-likeness (QED) is 0.163. The maximum atomic E-state index is 6.78. The highest BCUT2D eigenvalue weighted by atomic mass is 16.3. The average molecular weight is 801 g/mol.